The van der Waals surface area contributed by atoms with Gasteiger partial charge in [0.2, 0.25) is 0 Å². The third kappa shape index (κ3) is 3.75. The highest BCUT2D eigenvalue weighted by Gasteiger charge is 2.41. The van der Waals surface area contributed by atoms with Gasteiger partial charge in [-0.05, 0) is 13.8 Å². The van der Waals surface area contributed by atoms with Gasteiger partial charge in [-0.2, -0.15) is 4.98 Å². The van der Waals surface area contributed by atoms with E-state index in [1.807, 2.05) is 32.6 Å². The summed E-state index contributed by atoms with van der Waals surface area (Å²) < 4.78 is 16.0. The number of hydrogen-bond acceptors (Lipinski definition) is 6. The lowest BCUT2D eigenvalue weighted by Gasteiger charge is -2.45. The number of anilines is 1. The standard InChI is InChI=1S/C13H20N2O4.C2H6/c1-5-9-10(11(16)18-6-2)14-12(19-9)15-7-13(3,8-15)17-4;1-2/h5-8H2,1-4H3;1-2H3. The van der Waals surface area contributed by atoms with Gasteiger partial charge in [0.1, 0.15) is 11.4 Å². The zero-order valence-corrected chi connectivity index (χ0v) is 13.9. The van der Waals surface area contributed by atoms with Crippen molar-refractivity contribution in [2.24, 2.45) is 0 Å². The van der Waals surface area contributed by atoms with Gasteiger partial charge in [-0.25, -0.2) is 4.79 Å². The van der Waals surface area contributed by atoms with Crippen LogP contribution in [-0.2, 0) is 15.9 Å². The van der Waals surface area contributed by atoms with Crippen LogP contribution in [0.5, 0.6) is 0 Å². The summed E-state index contributed by atoms with van der Waals surface area (Å²) in [6.07, 6.45) is 0.608. The number of methoxy groups -OCH3 is 1. The lowest BCUT2D eigenvalue weighted by Crippen LogP contribution is -2.61. The molecule has 1 saturated heterocycles. The average Bonchev–Trinajstić information content (AvgIpc) is 2.90. The van der Waals surface area contributed by atoms with Gasteiger partial charge in [0.25, 0.3) is 6.01 Å². The Labute approximate surface area is 126 Å². The molecule has 0 radical (unpaired) electrons. The molecule has 1 aromatic rings. The van der Waals surface area contributed by atoms with Crippen molar-refractivity contribution < 1.29 is 18.7 Å². The maximum Gasteiger partial charge on any atom is 0.360 e. The molecule has 2 heterocycles. The number of ether oxygens (including phenoxy) is 2. The molecule has 6 nitrogen and oxygen atoms in total. The zero-order chi connectivity index (χ0) is 16.0. The maximum atomic E-state index is 11.8. The fraction of sp³-hybridized carbons (Fsp3) is 0.733. The lowest BCUT2D eigenvalue weighted by molar-refractivity contribution is -0.0191. The fourth-order valence-corrected chi connectivity index (χ4v) is 2.10. The van der Waals surface area contributed by atoms with Crippen LogP contribution in [0, 0.1) is 0 Å². The molecule has 0 bridgehead atoms. The van der Waals surface area contributed by atoms with Crippen LogP contribution in [0.3, 0.4) is 0 Å². The first kappa shape index (κ1) is 17.5. The summed E-state index contributed by atoms with van der Waals surface area (Å²) in [5, 5.41) is 0. The average molecular weight is 298 g/mol. The van der Waals surface area contributed by atoms with E-state index in [2.05, 4.69) is 4.98 Å². The first-order valence-electron chi connectivity index (χ1n) is 7.50. The second-order valence-electron chi connectivity index (χ2n) is 4.85. The second-order valence-corrected chi connectivity index (χ2v) is 4.85. The highest BCUT2D eigenvalue weighted by atomic mass is 16.5. The molecule has 1 fully saturated rings. The van der Waals surface area contributed by atoms with Crippen LogP contribution in [0.2, 0.25) is 0 Å². The number of carbonyl (C=O) groups is 1. The Bertz CT molecular complexity index is 464. The molecule has 0 spiro atoms. The van der Waals surface area contributed by atoms with Crippen molar-refractivity contribution >= 4 is 12.0 Å². The van der Waals surface area contributed by atoms with E-state index in [4.69, 9.17) is 13.9 Å². The third-order valence-electron chi connectivity index (χ3n) is 3.29. The van der Waals surface area contributed by atoms with E-state index >= 15 is 0 Å². The predicted molar refractivity (Wildman–Crippen MR) is 80.8 cm³/mol. The van der Waals surface area contributed by atoms with Crippen molar-refractivity contribution in [2.75, 3.05) is 31.7 Å². The van der Waals surface area contributed by atoms with E-state index in [-0.39, 0.29) is 11.3 Å². The normalized spacial score (nSPS) is 15.8. The summed E-state index contributed by atoms with van der Waals surface area (Å²) in [5.74, 6) is 0.142. The van der Waals surface area contributed by atoms with Gasteiger partial charge in [0.05, 0.1) is 19.7 Å². The van der Waals surface area contributed by atoms with E-state index in [1.165, 1.54) is 0 Å². The largest absolute Gasteiger partial charge is 0.461 e. The molecule has 1 aliphatic heterocycles. The monoisotopic (exact) mass is 298 g/mol. The molecule has 21 heavy (non-hydrogen) atoms. The molecule has 1 aliphatic rings. The molecule has 0 N–H and O–H groups in total. The van der Waals surface area contributed by atoms with Crippen LogP contribution < -0.4 is 4.90 Å². The number of aromatic nitrogens is 1. The molecule has 120 valence electrons. The van der Waals surface area contributed by atoms with Crippen molar-refractivity contribution in [3.05, 3.63) is 11.5 Å². The van der Waals surface area contributed by atoms with Crippen LogP contribution in [0.15, 0.2) is 4.42 Å². The highest BCUT2D eigenvalue weighted by molar-refractivity contribution is 5.88. The van der Waals surface area contributed by atoms with Crippen LogP contribution >= 0.6 is 0 Å². The summed E-state index contributed by atoms with van der Waals surface area (Å²) in [7, 11) is 1.69. The minimum Gasteiger partial charge on any atom is -0.461 e. The molecule has 6 heteroatoms. The maximum absolute atomic E-state index is 11.8. The number of rotatable bonds is 5. The Balaban J connectivity index is 0.00000106. The van der Waals surface area contributed by atoms with Crippen molar-refractivity contribution in [1.29, 1.82) is 0 Å². The van der Waals surface area contributed by atoms with Crippen molar-refractivity contribution in [1.82, 2.24) is 4.98 Å². The molecule has 0 amide bonds. The van der Waals surface area contributed by atoms with Crippen molar-refractivity contribution in [3.63, 3.8) is 0 Å². The van der Waals surface area contributed by atoms with E-state index in [0.717, 1.165) is 0 Å². The summed E-state index contributed by atoms with van der Waals surface area (Å²) >= 11 is 0. The quantitative estimate of drug-likeness (QED) is 0.779. The molecule has 1 aromatic heterocycles. The first-order valence-corrected chi connectivity index (χ1v) is 7.50. The smallest absolute Gasteiger partial charge is 0.360 e. The topological polar surface area (TPSA) is 64.8 Å². The molecule has 0 unspecified atom stereocenters. The van der Waals surface area contributed by atoms with Gasteiger partial charge in [-0.15, -0.1) is 0 Å². The minimum absolute atomic E-state index is 0.162. The lowest BCUT2D eigenvalue weighted by atomic mass is 9.97. The number of aryl methyl sites for hydroxylation is 1. The highest BCUT2D eigenvalue weighted by Crippen LogP contribution is 2.30. The van der Waals surface area contributed by atoms with Crippen molar-refractivity contribution in [3.8, 4) is 0 Å². The molecule has 0 saturated carbocycles. The van der Waals surface area contributed by atoms with Crippen LogP contribution in [0.25, 0.3) is 0 Å². The molecule has 0 aliphatic carbocycles. The van der Waals surface area contributed by atoms with Gasteiger partial charge in [0.15, 0.2) is 5.69 Å². The fourth-order valence-electron chi connectivity index (χ4n) is 2.10. The summed E-state index contributed by atoms with van der Waals surface area (Å²) in [4.78, 5) is 18.0. The Morgan fingerprint density at radius 2 is 2.00 bits per heavy atom. The molecule has 0 atom stereocenters. The van der Waals surface area contributed by atoms with Crippen LogP contribution in [0.4, 0.5) is 6.01 Å². The van der Waals surface area contributed by atoms with E-state index in [0.29, 0.717) is 37.9 Å². The van der Waals surface area contributed by atoms with Gasteiger partial charge < -0.3 is 18.8 Å². The minimum atomic E-state index is -0.427. The van der Waals surface area contributed by atoms with Gasteiger partial charge >= 0.3 is 5.97 Å². The summed E-state index contributed by atoms with van der Waals surface area (Å²) in [6, 6.07) is 0.467. The predicted octanol–water partition coefficient (Wildman–Crippen LogP) is 2.67. The third-order valence-corrected chi connectivity index (χ3v) is 3.29. The Morgan fingerprint density at radius 3 is 2.48 bits per heavy atom. The molecule has 0 aromatic carbocycles. The zero-order valence-electron chi connectivity index (χ0n) is 13.9. The summed E-state index contributed by atoms with van der Waals surface area (Å²) in [5.41, 5.74) is 0.121. The van der Waals surface area contributed by atoms with Gasteiger partial charge in [0, 0.05) is 13.5 Å². The second kappa shape index (κ2) is 7.45. The number of carbonyl (C=O) groups excluding carboxylic acids is 1. The van der Waals surface area contributed by atoms with Gasteiger partial charge in [-0.3, -0.25) is 0 Å². The number of hydrogen-bond donors (Lipinski definition) is 0. The Kier molecular flexibility index (Phi) is 6.20. The van der Waals surface area contributed by atoms with Gasteiger partial charge in [-0.1, -0.05) is 20.8 Å². The van der Waals surface area contributed by atoms with Crippen LogP contribution in [-0.4, -0.2) is 43.4 Å². The number of oxazole rings is 1. The number of esters is 1. The molecule has 2 rings (SSSR count). The Morgan fingerprint density at radius 1 is 1.38 bits per heavy atom. The first-order chi connectivity index (χ1) is 10.0. The van der Waals surface area contributed by atoms with Crippen LogP contribution in [0.1, 0.15) is 50.9 Å². The summed E-state index contributed by atoms with van der Waals surface area (Å²) in [6.45, 7) is 11.5. The Hall–Kier alpha value is -1.56. The SMILES string of the molecule is CC.CCOC(=O)c1nc(N2CC(C)(OC)C2)oc1CC. The van der Waals surface area contributed by atoms with Crippen molar-refractivity contribution in [2.45, 2.75) is 46.6 Å². The number of nitrogens with zero attached hydrogens (tertiary/aromatic N) is 2. The molecular formula is C15H26N2O4. The van der Waals surface area contributed by atoms with E-state index < -0.39 is 5.97 Å². The van der Waals surface area contributed by atoms with E-state index in [1.54, 1.807) is 14.0 Å². The van der Waals surface area contributed by atoms with E-state index in [9.17, 15) is 4.79 Å². The molecular weight excluding hydrogens is 272 g/mol.